The highest BCUT2D eigenvalue weighted by molar-refractivity contribution is 8.15. The molecule has 0 radical (unpaired) electrons. The molecule has 0 amide bonds. The molecule has 1 aromatic carbocycles. The van der Waals surface area contributed by atoms with Gasteiger partial charge < -0.3 is 0 Å². The summed E-state index contributed by atoms with van der Waals surface area (Å²) in [5.74, 6) is 1.74. The van der Waals surface area contributed by atoms with Crippen LogP contribution < -0.4 is 0 Å². The van der Waals surface area contributed by atoms with Crippen molar-refractivity contribution in [3.8, 4) is 0 Å². The number of carbonyl (C=O) groups excluding carboxylic acids is 1. The van der Waals surface area contributed by atoms with Crippen molar-refractivity contribution in [1.82, 2.24) is 0 Å². The summed E-state index contributed by atoms with van der Waals surface area (Å²) in [5.41, 5.74) is 0. The van der Waals surface area contributed by atoms with Crippen molar-refractivity contribution in [2.75, 3.05) is 11.5 Å². The summed E-state index contributed by atoms with van der Waals surface area (Å²) in [7, 11) is 0. The molecule has 0 aliphatic heterocycles. The van der Waals surface area contributed by atoms with E-state index in [1.54, 1.807) is 11.8 Å². The highest BCUT2D eigenvalue weighted by Gasteiger charge is 2.04. The molecule has 0 bridgehead atoms. The zero-order chi connectivity index (χ0) is 12.3. The lowest BCUT2D eigenvalue weighted by atomic mass is 10.2. The van der Waals surface area contributed by atoms with Crippen LogP contribution in [0.5, 0.6) is 0 Å². The van der Waals surface area contributed by atoms with Crippen molar-refractivity contribution < 1.29 is 4.79 Å². The van der Waals surface area contributed by atoms with Crippen LogP contribution in [0.2, 0.25) is 0 Å². The topological polar surface area (TPSA) is 17.1 Å². The van der Waals surface area contributed by atoms with E-state index < -0.39 is 0 Å². The van der Waals surface area contributed by atoms with Gasteiger partial charge in [-0.25, -0.2) is 0 Å². The lowest BCUT2D eigenvalue weighted by molar-refractivity contribution is -0.108. The quantitative estimate of drug-likeness (QED) is 0.506. The van der Waals surface area contributed by atoms with Gasteiger partial charge in [0.15, 0.2) is 0 Å². The Kier molecular flexibility index (Phi) is 8.28. The van der Waals surface area contributed by atoms with E-state index in [1.807, 2.05) is 30.3 Å². The van der Waals surface area contributed by atoms with Crippen molar-refractivity contribution >= 4 is 28.6 Å². The molecular formula is C14H20OS2. The Morgan fingerprint density at radius 1 is 1.12 bits per heavy atom. The second kappa shape index (κ2) is 9.60. The second-order valence-corrected chi connectivity index (χ2v) is 6.14. The van der Waals surface area contributed by atoms with Crippen LogP contribution >= 0.6 is 23.5 Å². The van der Waals surface area contributed by atoms with E-state index in [-0.39, 0.29) is 5.12 Å². The highest BCUT2D eigenvalue weighted by atomic mass is 32.2. The summed E-state index contributed by atoms with van der Waals surface area (Å²) >= 11 is 3.11. The van der Waals surface area contributed by atoms with Crippen LogP contribution in [0, 0.1) is 0 Å². The second-order valence-electron chi connectivity index (χ2n) is 3.90. The first kappa shape index (κ1) is 14.7. The van der Waals surface area contributed by atoms with Crippen molar-refractivity contribution in [3.63, 3.8) is 0 Å². The molecule has 17 heavy (non-hydrogen) atoms. The summed E-state index contributed by atoms with van der Waals surface area (Å²) in [6.45, 7) is 2.22. The van der Waals surface area contributed by atoms with Gasteiger partial charge in [0.05, 0.1) is 5.75 Å². The third-order valence-corrected chi connectivity index (χ3v) is 4.44. The average molecular weight is 268 g/mol. The van der Waals surface area contributed by atoms with Gasteiger partial charge in [-0.1, -0.05) is 56.1 Å². The minimum Gasteiger partial charge on any atom is -0.286 e. The zero-order valence-electron chi connectivity index (χ0n) is 10.4. The Bertz CT molecular complexity index is 311. The lowest BCUT2D eigenvalue weighted by Gasteiger charge is -2.01. The van der Waals surface area contributed by atoms with Crippen LogP contribution in [0.3, 0.4) is 0 Å². The van der Waals surface area contributed by atoms with E-state index in [2.05, 4.69) is 6.92 Å². The fraction of sp³-hybridized carbons (Fsp3) is 0.500. The van der Waals surface area contributed by atoms with E-state index in [0.717, 1.165) is 10.6 Å². The molecule has 1 rings (SSSR count). The van der Waals surface area contributed by atoms with Gasteiger partial charge >= 0.3 is 0 Å². The molecule has 0 saturated heterocycles. The van der Waals surface area contributed by atoms with Gasteiger partial charge in [0.1, 0.15) is 0 Å². The minimum absolute atomic E-state index is 0.261. The first-order valence-corrected chi connectivity index (χ1v) is 8.13. The summed E-state index contributed by atoms with van der Waals surface area (Å²) in [6, 6.07) is 9.86. The molecule has 0 N–H and O–H groups in total. The van der Waals surface area contributed by atoms with Gasteiger partial charge in [-0.3, -0.25) is 4.79 Å². The van der Waals surface area contributed by atoms with E-state index >= 15 is 0 Å². The fourth-order valence-corrected chi connectivity index (χ4v) is 3.20. The standard InChI is InChI=1S/C14H20OS2/c1-2-3-4-8-11-16-12-14(15)17-13-9-6-5-7-10-13/h5-7,9-10H,2-4,8,11-12H2,1H3. The molecule has 3 heteroatoms. The molecule has 0 heterocycles. The molecule has 0 aromatic heterocycles. The molecular weight excluding hydrogens is 248 g/mol. The van der Waals surface area contributed by atoms with Crippen molar-refractivity contribution in [2.24, 2.45) is 0 Å². The Balaban J connectivity index is 2.06. The number of hydrogen-bond donors (Lipinski definition) is 0. The van der Waals surface area contributed by atoms with E-state index in [0.29, 0.717) is 5.75 Å². The van der Waals surface area contributed by atoms with Crippen molar-refractivity contribution in [3.05, 3.63) is 30.3 Å². The maximum Gasteiger partial charge on any atom is 0.203 e. The maximum absolute atomic E-state index is 11.6. The van der Waals surface area contributed by atoms with Gasteiger partial charge in [0.25, 0.3) is 0 Å². The average Bonchev–Trinajstić information content (AvgIpc) is 2.35. The van der Waals surface area contributed by atoms with E-state index in [4.69, 9.17) is 0 Å². The van der Waals surface area contributed by atoms with Crippen LogP contribution in [0.1, 0.15) is 32.6 Å². The van der Waals surface area contributed by atoms with Gasteiger partial charge in [0, 0.05) is 4.90 Å². The van der Waals surface area contributed by atoms with E-state index in [9.17, 15) is 4.79 Å². The van der Waals surface area contributed by atoms with Crippen molar-refractivity contribution in [1.29, 1.82) is 0 Å². The number of thioether (sulfide) groups is 2. The summed E-state index contributed by atoms with van der Waals surface area (Å²) in [6.07, 6.45) is 5.12. The van der Waals surface area contributed by atoms with Crippen LogP contribution in [0.15, 0.2) is 35.2 Å². The molecule has 0 aliphatic rings. The SMILES string of the molecule is CCCCCCSCC(=O)Sc1ccccc1. The summed E-state index contributed by atoms with van der Waals surface area (Å²) in [5, 5.41) is 0.261. The fourth-order valence-electron chi connectivity index (χ4n) is 1.44. The number of benzene rings is 1. The van der Waals surface area contributed by atoms with Gasteiger partial charge in [0.2, 0.25) is 5.12 Å². The van der Waals surface area contributed by atoms with Crippen LogP contribution in [-0.4, -0.2) is 16.6 Å². The summed E-state index contributed by atoms with van der Waals surface area (Å²) < 4.78 is 0. The largest absolute Gasteiger partial charge is 0.286 e. The normalized spacial score (nSPS) is 10.4. The Morgan fingerprint density at radius 3 is 2.59 bits per heavy atom. The third-order valence-electron chi connectivity index (χ3n) is 2.34. The minimum atomic E-state index is 0.261. The summed E-state index contributed by atoms with van der Waals surface area (Å²) in [4.78, 5) is 12.7. The van der Waals surface area contributed by atoms with Crippen LogP contribution in [0.4, 0.5) is 0 Å². The maximum atomic E-state index is 11.6. The highest BCUT2D eigenvalue weighted by Crippen LogP contribution is 2.20. The molecule has 94 valence electrons. The van der Waals surface area contributed by atoms with Crippen LogP contribution in [-0.2, 0) is 4.79 Å². The van der Waals surface area contributed by atoms with E-state index in [1.165, 1.54) is 37.4 Å². The molecule has 0 fully saturated rings. The molecule has 0 unspecified atom stereocenters. The Hall–Kier alpha value is -0.410. The van der Waals surface area contributed by atoms with Crippen molar-refractivity contribution in [2.45, 2.75) is 37.5 Å². The molecule has 0 spiro atoms. The molecule has 0 saturated carbocycles. The van der Waals surface area contributed by atoms with Gasteiger partial charge in [-0.05, 0) is 24.3 Å². The Labute approximate surface area is 113 Å². The third kappa shape index (κ3) is 7.50. The first-order valence-electron chi connectivity index (χ1n) is 6.16. The smallest absolute Gasteiger partial charge is 0.203 e. The Morgan fingerprint density at radius 2 is 1.88 bits per heavy atom. The number of rotatable bonds is 8. The number of carbonyl (C=O) groups is 1. The lowest BCUT2D eigenvalue weighted by Crippen LogP contribution is -1.96. The zero-order valence-corrected chi connectivity index (χ0v) is 12.0. The number of hydrogen-bond acceptors (Lipinski definition) is 3. The number of unbranched alkanes of at least 4 members (excludes halogenated alkanes) is 3. The van der Waals surface area contributed by atoms with Gasteiger partial charge in [-0.2, -0.15) is 11.8 Å². The molecule has 1 aromatic rings. The molecule has 1 nitrogen and oxygen atoms in total. The molecule has 0 atom stereocenters. The molecule has 0 aliphatic carbocycles. The first-order chi connectivity index (χ1) is 8.33. The predicted molar refractivity (Wildman–Crippen MR) is 78.8 cm³/mol. The monoisotopic (exact) mass is 268 g/mol. The van der Waals surface area contributed by atoms with Gasteiger partial charge in [-0.15, -0.1) is 0 Å². The van der Waals surface area contributed by atoms with Crippen LogP contribution in [0.25, 0.3) is 0 Å². The predicted octanol–water partition coefficient (Wildman–Crippen LogP) is 4.62.